The fraction of sp³-hybridized carbons (Fsp3) is 0.261. The molecule has 1 nitrogen and oxygen atoms in total. The minimum atomic E-state index is 0.597. The molecule has 0 saturated heterocycles. The summed E-state index contributed by atoms with van der Waals surface area (Å²) in [6.45, 7) is 0. The van der Waals surface area contributed by atoms with Crippen LogP contribution in [0.4, 0.5) is 5.69 Å². The van der Waals surface area contributed by atoms with Crippen LogP contribution in [0.3, 0.4) is 0 Å². The van der Waals surface area contributed by atoms with Crippen LogP contribution < -0.4 is 4.90 Å². The van der Waals surface area contributed by atoms with Gasteiger partial charge in [-0.3, -0.25) is 0 Å². The lowest BCUT2D eigenvalue weighted by Crippen LogP contribution is -2.46. The van der Waals surface area contributed by atoms with E-state index in [-0.39, 0.29) is 0 Å². The third kappa shape index (κ3) is 6.24. The summed E-state index contributed by atoms with van der Waals surface area (Å²) in [5.74, 6) is 1.38. The van der Waals surface area contributed by atoms with Crippen LogP contribution in [0.1, 0.15) is 74.3 Å². The van der Waals surface area contributed by atoms with E-state index in [0.717, 1.165) is 0 Å². The Morgan fingerprint density at radius 1 is 0.383 bits per heavy atom. The van der Waals surface area contributed by atoms with Crippen molar-refractivity contribution < 1.29 is 0 Å². The van der Waals surface area contributed by atoms with Crippen molar-refractivity contribution in [2.75, 3.05) is 4.90 Å². The highest BCUT2D eigenvalue weighted by Crippen LogP contribution is 2.43. The Kier molecular flexibility index (Phi) is 8.63. The molecule has 0 amide bonds. The first-order valence-electron chi connectivity index (χ1n) is 17.9. The van der Waals surface area contributed by atoms with Gasteiger partial charge in [0.15, 0.2) is 0 Å². The van der Waals surface area contributed by atoms with Crippen LogP contribution in [-0.4, -0.2) is 12.1 Å². The summed E-state index contributed by atoms with van der Waals surface area (Å²) in [5.41, 5.74) is 9.65. The molecule has 1 heteroatoms. The SMILES string of the molecule is c1ccc(-c2c(-c3ccc(N(C4CCC(c5ccccc5)CC4)C4CCC(c5ccccc5)CC4)cc3)ccc3ccccc23)cc1. The molecule has 47 heavy (non-hydrogen) atoms. The van der Waals surface area contributed by atoms with Crippen molar-refractivity contribution in [3.8, 4) is 22.3 Å². The van der Waals surface area contributed by atoms with Crippen LogP contribution in [0, 0.1) is 0 Å². The van der Waals surface area contributed by atoms with Gasteiger partial charge < -0.3 is 4.90 Å². The number of hydrogen-bond donors (Lipinski definition) is 0. The maximum atomic E-state index is 2.88. The molecular weight excluding hydrogens is 567 g/mol. The Hall–Kier alpha value is -4.62. The zero-order valence-corrected chi connectivity index (χ0v) is 27.3. The molecule has 8 rings (SSSR count). The van der Waals surface area contributed by atoms with Crippen LogP contribution in [0.5, 0.6) is 0 Å². The number of fused-ring (bicyclic) bond motifs is 1. The summed E-state index contributed by atoms with van der Waals surface area (Å²) in [4.78, 5) is 2.88. The second-order valence-corrected chi connectivity index (χ2v) is 13.9. The second-order valence-electron chi connectivity index (χ2n) is 13.9. The van der Waals surface area contributed by atoms with E-state index in [0.29, 0.717) is 23.9 Å². The molecule has 0 spiro atoms. The first-order chi connectivity index (χ1) is 23.3. The van der Waals surface area contributed by atoms with E-state index in [2.05, 4.69) is 157 Å². The third-order valence-electron chi connectivity index (χ3n) is 11.2. The molecule has 0 aromatic heterocycles. The number of anilines is 1. The Balaban J connectivity index is 1.10. The summed E-state index contributed by atoms with van der Waals surface area (Å²) in [6, 6.07) is 57.7. The van der Waals surface area contributed by atoms with Gasteiger partial charge in [-0.1, -0.05) is 140 Å². The number of benzene rings is 6. The fourth-order valence-corrected chi connectivity index (χ4v) is 8.79. The number of hydrogen-bond acceptors (Lipinski definition) is 1. The molecule has 2 saturated carbocycles. The maximum Gasteiger partial charge on any atom is 0.0371 e. The molecule has 6 aromatic carbocycles. The van der Waals surface area contributed by atoms with Gasteiger partial charge in [0.05, 0.1) is 0 Å². The molecule has 0 heterocycles. The van der Waals surface area contributed by atoms with Crippen molar-refractivity contribution >= 4 is 16.5 Å². The van der Waals surface area contributed by atoms with E-state index < -0.39 is 0 Å². The number of rotatable bonds is 7. The fourth-order valence-electron chi connectivity index (χ4n) is 8.79. The highest BCUT2D eigenvalue weighted by atomic mass is 15.2. The Bertz CT molecular complexity index is 1820. The average Bonchev–Trinajstić information content (AvgIpc) is 3.16. The van der Waals surface area contributed by atoms with Gasteiger partial charge in [-0.15, -0.1) is 0 Å². The monoisotopic (exact) mass is 611 g/mol. The van der Waals surface area contributed by atoms with E-state index >= 15 is 0 Å². The van der Waals surface area contributed by atoms with Crippen molar-refractivity contribution in [1.29, 1.82) is 0 Å². The summed E-state index contributed by atoms with van der Waals surface area (Å²) in [6.07, 6.45) is 10.2. The van der Waals surface area contributed by atoms with E-state index in [9.17, 15) is 0 Å². The van der Waals surface area contributed by atoms with Gasteiger partial charge in [0.2, 0.25) is 0 Å². The summed E-state index contributed by atoms with van der Waals surface area (Å²) in [7, 11) is 0. The smallest absolute Gasteiger partial charge is 0.0371 e. The lowest BCUT2D eigenvalue weighted by molar-refractivity contribution is 0.310. The average molecular weight is 612 g/mol. The normalized spacial score (nSPS) is 21.4. The molecule has 6 aromatic rings. The van der Waals surface area contributed by atoms with E-state index in [1.165, 1.54) is 101 Å². The predicted octanol–water partition coefficient (Wildman–Crippen LogP) is 12.4. The van der Waals surface area contributed by atoms with Crippen LogP contribution in [0.2, 0.25) is 0 Å². The Morgan fingerprint density at radius 3 is 1.43 bits per heavy atom. The zero-order chi connectivity index (χ0) is 31.4. The highest BCUT2D eigenvalue weighted by Gasteiger charge is 2.34. The van der Waals surface area contributed by atoms with Crippen molar-refractivity contribution in [3.63, 3.8) is 0 Å². The Morgan fingerprint density at radius 2 is 0.872 bits per heavy atom. The molecule has 0 atom stereocenters. The molecule has 0 unspecified atom stereocenters. The molecule has 2 fully saturated rings. The van der Waals surface area contributed by atoms with Crippen molar-refractivity contribution in [2.24, 2.45) is 0 Å². The van der Waals surface area contributed by atoms with E-state index in [1.54, 1.807) is 0 Å². The van der Waals surface area contributed by atoms with Crippen LogP contribution in [0.25, 0.3) is 33.0 Å². The summed E-state index contributed by atoms with van der Waals surface area (Å²) in [5, 5.41) is 2.60. The summed E-state index contributed by atoms with van der Waals surface area (Å²) >= 11 is 0. The lowest BCUT2D eigenvalue weighted by Gasteiger charge is -2.45. The molecule has 2 aliphatic rings. The maximum absolute atomic E-state index is 2.88. The molecular formula is C46H45N. The van der Waals surface area contributed by atoms with E-state index in [1.807, 2.05) is 0 Å². The van der Waals surface area contributed by atoms with Gasteiger partial charge in [-0.05, 0) is 119 Å². The minimum absolute atomic E-state index is 0.597. The van der Waals surface area contributed by atoms with Gasteiger partial charge in [-0.25, -0.2) is 0 Å². The van der Waals surface area contributed by atoms with Gasteiger partial charge in [0.25, 0.3) is 0 Å². The van der Waals surface area contributed by atoms with Crippen molar-refractivity contribution in [3.05, 3.63) is 163 Å². The molecule has 0 N–H and O–H groups in total. The molecule has 0 aliphatic heterocycles. The van der Waals surface area contributed by atoms with Crippen LogP contribution in [-0.2, 0) is 0 Å². The highest BCUT2D eigenvalue weighted by molar-refractivity contribution is 6.04. The minimum Gasteiger partial charge on any atom is -0.366 e. The molecule has 0 radical (unpaired) electrons. The Labute approximate surface area is 280 Å². The third-order valence-corrected chi connectivity index (χ3v) is 11.2. The predicted molar refractivity (Wildman–Crippen MR) is 200 cm³/mol. The largest absolute Gasteiger partial charge is 0.366 e. The second kappa shape index (κ2) is 13.6. The number of nitrogens with zero attached hydrogens (tertiary/aromatic N) is 1. The van der Waals surface area contributed by atoms with Crippen LogP contribution >= 0.6 is 0 Å². The van der Waals surface area contributed by atoms with Crippen LogP contribution in [0.15, 0.2) is 152 Å². The quantitative estimate of drug-likeness (QED) is 0.174. The first kappa shape index (κ1) is 29.8. The topological polar surface area (TPSA) is 3.24 Å². The molecule has 2 aliphatic carbocycles. The van der Waals surface area contributed by atoms with Gasteiger partial charge in [0.1, 0.15) is 0 Å². The standard InChI is InChI=1S/C46H45N/c1-4-12-34(13-5-1)36-20-27-41(28-21-36)47(42-29-22-37(23-30-42)35-14-6-2-7-15-35)43-31-24-39(25-32-43)45-33-26-38-16-10-11-19-44(38)46(45)40-17-8-3-9-18-40/h1-19,24-26,31-33,36-37,41-42H,20-23,27-30H2. The van der Waals surface area contributed by atoms with Crippen molar-refractivity contribution in [2.45, 2.75) is 75.3 Å². The molecule has 234 valence electrons. The lowest BCUT2D eigenvalue weighted by atomic mass is 9.78. The van der Waals surface area contributed by atoms with Gasteiger partial charge in [-0.2, -0.15) is 0 Å². The van der Waals surface area contributed by atoms with Crippen molar-refractivity contribution in [1.82, 2.24) is 0 Å². The molecule has 0 bridgehead atoms. The first-order valence-corrected chi connectivity index (χ1v) is 17.9. The summed E-state index contributed by atoms with van der Waals surface area (Å²) < 4.78 is 0. The van der Waals surface area contributed by atoms with Gasteiger partial charge >= 0.3 is 0 Å². The van der Waals surface area contributed by atoms with Gasteiger partial charge in [0, 0.05) is 17.8 Å². The zero-order valence-electron chi connectivity index (χ0n) is 27.3. The van der Waals surface area contributed by atoms with E-state index in [4.69, 9.17) is 0 Å².